The Kier molecular flexibility index (Phi) is 2.36. The molecule has 0 saturated heterocycles. The van der Waals surface area contributed by atoms with Gasteiger partial charge in [-0.05, 0) is 12.1 Å². The van der Waals surface area contributed by atoms with Gasteiger partial charge in [0.15, 0.2) is 0 Å². The van der Waals surface area contributed by atoms with Crippen molar-refractivity contribution in [2.75, 3.05) is 0 Å². The highest BCUT2D eigenvalue weighted by Crippen LogP contribution is 2.35. The molecule has 0 aliphatic heterocycles. The highest BCUT2D eigenvalue weighted by Gasteiger charge is 2.14. The first-order chi connectivity index (χ1) is 6.50. The maximum absolute atomic E-state index is 11.0. The molecular formula is C7H7NO3S3. The minimum atomic E-state index is -3.59. The van der Waals surface area contributed by atoms with Crippen molar-refractivity contribution in [3.05, 3.63) is 17.0 Å². The Morgan fingerprint density at radius 1 is 1.36 bits per heavy atom. The number of nitrogens with two attached hydrogens (primary N) is 1. The highest BCUT2D eigenvalue weighted by atomic mass is 32.2. The van der Waals surface area contributed by atoms with E-state index in [1.807, 2.05) is 0 Å². The van der Waals surface area contributed by atoms with Crippen LogP contribution in [0.25, 0.3) is 9.40 Å². The molecule has 0 aliphatic carbocycles. The van der Waals surface area contributed by atoms with Crippen molar-refractivity contribution in [3.8, 4) is 0 Å². The molecule has 0 aliphatic rings. The first-order valence-corrected chi connectivity index (χ1v) is 6.84. The number of aliphatic hydroxyl groups excluding tert-OH is 1. The van der Waals surface area contributed by atoms with Crippen molar-refractivity contribution in [1.82, 2.24) is 0 Å². The highest BCUT2D eigenvalue weighted by molar-refractivity contribution is 7.91. The van der Waals surface area contributed by atoms with Crippen LogP contribution in [-0.2, 0) is 16.6 Å². The van der Waals surface area contributed by atoms with Crippen LogP contribution in [0.4, 0.5) is 0 Å². The summed E-state index contributed by atoms with van der Waals surface area (Å²) in [5.74, 6) is 0. The summed E-state index contributed by atoms with van der Waals surface area (Å²) in [5, 5.41) is 14.7. The van der Waals surface area contributed by atoms with E-state index in [4.69, 9.17) is 10.2 Å². The minimum absolute atomic E-state index is 0.0171. The van der Waals surface area contributed by atoms with Crippen LogP contribution in [0.1, 0.15) is 4.88 Å². The lowest BCUT2D eigenvalue weighted by molar-refractivity contribution is 0.285. The molecule has 0 saturated carbocycles. The van der Waals surface area contributed by atoms with Gasteiger partial charge in [0, 0.05) is 10.3 Å². The number of hydrogen-bond acceptors (Lipinski definition) is 5. The van der Waals surface area contributed by atoms with Gasteiger partial charge < -0.3 is 5.11 Å². The van der Waals surface area contributed by atoms with Crippen LogP contribution in [0.15, 0.2) is 16.3 Å². The molecule has 0 radical (unpaired) electrons. The standard InChI is InChI=1S/C7H7NO3S3/c8-14(10,11)6-2-4-1-5(3-9)12-7(4)13-6/h1-2,9H,3H2,(H2,8,10,11). The van der Waals surface area contributed by atoms with Gasteiger partial charge in [-0.2, -0.15) is 0 Å². The van der Waals surface area contributed by atoms with Crippen molar-refractivity contribution >= 4 is 42.1 Å². The molecule has 76 valence electrons. The Hall–Kier alpha value is -0.470. The molecule has 2 rings (SSSR count). The first kappa shape index (κ1) is 10.1. The van der Waals surface area contributed by atoms with E-state index in [9.17, 15) is 8.42 Å². The number of fused-ring (bicyclic) bond motifs is 1. The Balaban J connectivity index is 2.61. The zero-order valence-electron chi connectivity index (χ0n) is 6.93. The van der Waals surface area contributed by atoms with Crippen LogP contribution in [0.2, 0.25) is 0 Å². The quantitative estimate of drug-likeness (QED) is 0.836. The van der Waals surface area contributed by atoms with E-state index >= 15 is 0 Å². The topological polar surface area (TPSA) is 80.4 Å². The molecule has 0 spiro atoms. The van der Waals surface area contributed by atoms with Crippen molar-refractivity contribution in [2.45, 2.75) is 10.8 Å². The largest absolute Gasteiger partial charge is 0.391 e. The SMILES string of the molecule is NS(=O)(=O)c1cc2cc(CO)sc2s1. The zero-order valence-corrected chi connectivity index (χ0v) is 9.38. The van der Waals surface area contributed by atoms with Gasteiger partial charge in [0.05, 0.1) is 10.6 Å². The molecule has 3 N–H and O–H groups in total. The summed E-state index contributed by atoms with van der Waals surface area (Å²) in [6.07, 6.45) is 0. The lowest BCUT2D eigenvalue weighted by Crippen LogP contribution is -2.09. The van der Waals surface area contributed by atoms with Crippen LogP contribution in [-0.4, -0.2) is 13.5 Å². The lowest BCUT2D eigenvalue weighted by atomic mass is 10.4. The molecule has 0 unspecified atom stereocenters. The number of hydrogen-bond donors (Lipinski definition) is 2. The van der Waals surface area contributed by atoms with Crippen molar-refractivity contribution < 1.29 is 13.5 Å². The lowest BCUT2D eigenvalue weighted by Gasteiger charge is -1.88. The Morgan fingerprint density at radius 3 is 2.57 bits per heavy atom. The molecule has 0 amide bonds. The predicted octanol–water partition coefficient (Wildman–Crippen LogP) is 1.10. The van der Waals surface area contributed by atoms with E-state index in [1.54, 1.807) is 6.07 Å². The maximum Gasteiger partial charge on any atom is 0.247 e. The van der Waals surface area contributed by atoms with Gasteiger partial charge in [-0.1, -0.05) is 0 Å². The summed E-state index contributed by atoms with van der Waals surface area (Å²) in [7, 11) is -3.59. The van der Waals surface area contributed by atoms with Gasteiger partial charge in [0.1, 0.15) is 4.21 Å². The average Bonchev–Trinajstić information content (AvgIpc) is 2.56. The molecule has 7 heteroatoms. The Labute approximate surface area is 88.7 Å². The van der Waals surface area contributed by atoms with E-state index in [2.05, 4.69) is 0 Å². The fourth-order valence-electron chi connectivity index (χ4n) is 1.09. The third kappa shape index (κ3) is 1.69. The van der Waals surface area contributed by atoms with Crippen molar-refractivity contribution in [2.24, 2.45) is 5.14 Å². The van der Waals surface area contributed by atoms with Gasteiger partial charge in [0.25, 0.3) is 0 Å². The summed E-state index contributed by atoms with van der Waals surface area (Å²) in [4.78, 5) is 0.826. The minimum Gasteiger partial charge on any atom is -0.391 e. The number of primary sulfonamides is 1. The normalized spacial score (nSPS) is 12.4. The van der Waals surface area contributed by atoms with E-state index < -0.39 is 10.0 Å². The van der Waals surface area contributed by atoms with Gasteiger partial charge in [-0.3, -0.25) is 0 Å². The molecule has 14 heavy (non-hydrogen) atoms. The van der Waals surface area contributed by atoms with E-state index in [-0.39, 0.29) is 10.8 Å². The summed E-state index contributed by atoms with van der Waals surface area (Å²) < 4.78 is 23.0. The second-order valence-corrected chi connectivity index (χ2v) is 6.96. The molecule has 0 bridgehead atoms. The Bertz CT molecular complexity index is 535. The molecule has 2 aromatic heterocycles. The maximum atomic E-state index is 11.0. The van der Waals surface area contributed by atoms with E-state index in [1.165, 1.54) is 17.4 Å². The van der Waals surface area contributed by atoms with Crippen LogP contribution in [0.3, 0.4) is 0 Å². The Morgan fingerprint density at radius 2 is 2.07 bits per heavy atom. The number of aliphatic hydroxyl groups is 1. The van der Waals surface area contributed by atoms with E-state index in [0.717, 1.165) is 25.6 Å². The monoisotopic (exact) mass is 249 g/mol. The molecule has 4 nitrogen and oxygen atoms in total. The summed E-state index contributed by atoms with van der Waals surface area (Å²) in [6.45, 7) is -0.0171. The summed E-state index contributed by atoms with van der Waals surface area (Å²) in [6, 6.07) is 3.30. The van der Waals surface area contributed by atoms with Gasteiger partial charge in [0.2, 0.25) is 10.0 Å². The molecular weight excluding hydrogens is 242 g/mol. The van der Waals surface area contributed by atoms with Crippen molar-refractivity contribution in [1.29, 1.82) is 0 Å². The van der Waals surface area contributed by atoms with E-state index in [0.29, 0.717) is 0 Å². The molecule has 0 fully saturated rings. The summed E-state index contributed by atoms with van der Waals surface area (Å²) >= 11 is 2.52. The number of sulfonamides is 1. The molecule has 0 atom stereocenters. The zero-order chi connectivity index (χ0) is 10.3. The summed E-state index contributed by atoms with van der Waals surface area (Å²) in [5.41, 5.74) is 0. The molecule has 0 aromatic carbocycles. The van der Waals surface area contributed by atoms with Crippen LogP contribution < -0.4 is 5.14 Å². The third-order valence-corrected chi connectivity index (χ3v) is 5.47. The second-order valence-electron chi connectivity index (χ2n) is 2.72. The first-order valence-electron chi connectivity index (χ1n) is 3.66. The van der Waals surface area contributed by atoms with Crippen molar-refractivity contribution in [3.63, 3.8) is 0 Å². The second kappa shape index (κ2) is 3.28. The third-order valence-electron chi connectivity index (χ3n) is 1.68. The van der Waals surface area contributed by atoms with Gasteiger partial charge >= 0.3 is 0 Å². The fourth-order valence-corrected chi connectivity index (χ4v) is 4.34. The smallest absolute Gasteiger partial charge is 0.247 e. The fraction of sp³-hybridized carbons (Fsp3) is 0.143. The average molecular weight is 249 g/mol. The predicted molar refractivity (Wildman–Crippen MR) is 57.0 cm³/mol. The molecule has 2 heterocycles. The van der Waals surface area contributed by atoms with Crippen LogP contribution in [0.5, 0.6) is 0 Å². The number of rotatable bonds is 2. The van der Waals surface area contributed by atoms with Crippen LogP contribution >= 0.6 is 22.7 Å². The van der Waals surface area contributed by atoms with Gasteiger partial charge in [-0.15, -0.1) is 22.7 Å². The van der Waals surface area contributed by atoms with Crippen LogP contribution in [0, 0.1) is 0 Å². The molecule has 2 aromatic rings. The number of thiophene rings is 2. The van der Waals surface area contributed by atoms with Gasteiger partial charge in [-0.25, -0.2) is 13.6 Å².